The standard InChI is InChI=1S/C19H25FN6/c1-12(8-17-13(2)25-26(5)14(17)3)24-19(22-4)23-11-16-9-15(10-21)6-7-18(16)20/h6-7,9,12H,8,11H2,1-5H3,(H2,22,23,24). The Kier molecular flexibility index (Phi) is 6.34. The molecule has 2 rings (SSSR count). The van der Waals surface area contributed by atoms with Crippen LogP contribution in [0, 0.1) is 31.0 Å². The highest BCUT2D eigenvalue weighted by atomic mass is 19.1. The number of benzene rings is 1. The third-order valence-electron chi connectivity index (χ3n) is 4.40. The van der Waals surface area contributed by atoms with Gasteiger partial charge in [0, 0.05) is 37.9 Å². The number of aryl methyl sites for hydroxylation is 2. The summed E-state index contributed by atoms with van der Waals surface area (Å²) < 4.78 is 15.8. The highest BCUT2D eigenvalue weighted by Crippen LogP contribution is 2.14. The first-order chi connectivity index (χ1) is 12.3. The highest BCUT2D eigenvalue weighted by Gasteiger charge is 2.14. The van der Waals surface area contributed by atoms with Gasteiger partial charge in [0.1, 0.15) is 5.82 Å². The maximum Gasteiger partial charge on any atom is 0.191 e. The fourth-order valence-corrected chi connectivity index (χ4v) is 2.86. The molecular weight excluding hydrogens is 331 g/mol. The van der Waals surface area contributed by atoms with E-state index in [1.807, 2.05) is 24.7 Å². The van der Waals surface area contributed by atoms with Crippen LogP contribution in [-0.4, -0.2) is 28.8 Å². The second kappa shape index (κ2) is 8.48. The monoisotopic (exact) mass is 356 g/mol. The maximum atomic E-state index is 13.9. The van der Waals surface area contributed by atoms with Crippen LogP contribution >= 0.6 is 0 Å². The first-order valence-corrected chi connectivity index (χ1v) is 8.50. The number of guanidine groups is 1. The number of aromatic nitrogens is 2. The largest absolute Gasteiger partial charge is 0.354 e. The van der Waals surface area contributed by atoms with Crippen molar-refractivity contribution in [3.63, 3.8) is 0 Å². The molecule has 7 heteroatoms. The van der Waals surface area contributed by atoms with E-state index in [0.29, 0.717) is 17.1 Å². The normalized spacial score (nSPS) is 12.6. The quantitative estimate of drug-likeness (QED) is 0.637. The Morgan fingerprint density at radius 1 is 1.42 bits per heavy atom. The van der Waals surface area contributed by atoms with E-state index in [2.05, 4.69) is 34.6 Å². The van der Waals surface area contributed by atoms with Crippen molar-refractivity contribution >= 4 is 5.96 Å². The number of aliphatic imine (C=N–C) groups is 1. The highest BCUT2D eigenvalue weighted by molar-refractivity contribution is 5.80. The molecule has 0 radical (unpaired) electrons. The fourth-order valence-electron chi connectivity index (χ4n) is 2.86. The summed E-state index contributed by atoms with van der Waals surface area (Å²) in [7, 11) is 3.61. The summed E-state index contributed by atoms with van der Waals surface area (Å²) in [6, 6.07) is 6.46. The molecule has 1 aromatic heterocycles. The molecule has 1 aromatic carbocycles. The van der Waals surface area contributed by atoms with E-state index < -0.39 is 0 Å². The van der Waals surface area contributed by atoms with Crippen LogP contribution in [-0.2, 0) is 20.0 Å². The first kappa shape index (κ1) is 19.4. The summed E-state index contributed by atoms with van der Waals surface area (Å²) >= 11 is 0. The van der Waals surface area contributed by atoms with Crippen molar-refractivity contribution in [2.24, 2.45) is 12.0 Å². The van der Waals surface area contributed by atoms with Gasteiger partial charge in [0.2, 0.25) is 0 Å². The summed E-state index contributed by atoms with van der Waals surface area (Å²) in [6.45, 7) is 6.38. The van der Waals surface area contributed by atoms with Crippen molar-refractivity contribution in [2.75, 3.05) is 7.05 Å². The smallest absolute Gasteiger partial charge is 0.191 e. The van der Waals surface area contributed by atoms with Gasteiger partial charge in [-0.15, -0.1) is 0 Å². The predicted octanol–water partition coefficient (Wildman–Crippen LogP) is 2.34. The van der Waals surface area contributed by atoms with Gasteiger partial charge in [0.15, 0.2) is 5.96 Å². The van der Waals surface area contributed by atoms with E-state index in [9.17, 15) is 4.39 Å². The van der Waals surface area contributed by atoms with Gasteiger partial charge in [-0.2, -0.15) is 10.4 Å². The Hall–Kier alpha value is -2.88. The van der Waals surface area contributed by atoms with E-state index in [1.54, 1.807) is 13.1 Å². The fraction of sp³-hybridized carbons (Fsp3) is 0.421. The van der Waals surface area contributed by atoms with Crippen molar-refractivity contribution in [2.45, 2.75) is 39.8 Å². The number of nitrogens with one attached hydrogen (secondary N) is 2. The van der Waals surface area contributed by atoms with Crippen LogP contribution in [0.4, 0.5) is 4.39 Å². The lowest BCUT2D eigenvalue weighted by molar-refractivity contribution is 0.599. The molecule has 1 heterocycles. The molecule has 0 amide bonds. The minimum absolute atomic E-state index is 0.123. The van der Waals surface area contributed by atoms with Gasteiger partial charge in [-0.1, -0.05) is 0 Å². The van der Waals surface area contributed by atoms with E-state index >= 15 is 0 Å². The number of hydrogen-bond acceptors (Lipinski definition) is 3. The van der Waals surface area contributed by atoms with Gasteiger partial charge < -0.3 is 10.6 Å². The molecule has 1 unspecified atom stereocenters. The molecule has 138 valence electrons. The third kappa shape index (κ3) is 4.60. The molecule has 1 atom stereocenters. The molecule has 0 bridgehead atoms. The number of nitrogens with zero attached hydrogens (tertiary/aromatic N) is 4. The summed E-state index contributed by atoms with van der Waals surface area (Å²) in [4.78, 5) is 4.19. The lowest BCUT2D eigenvalue weighted by Gasteiger charge is -2.18. The van der Waals surface area contributed by atoms with Gasteiger partial charge in [0.05, 0.1) is 17.3 Å². The number of hydrogen-bond donors (Lipinski definition) is 2. The molecule has 6 nitrogen and oxygen atoms in total. The lowest BCUT2D eigenvalue weighted by Crippen LogP contribution is -2.42. The summed E-state index contributed by atoms with van der Waals surface area (Å²) in [5.74, 6) is 0.236. The lowest BCUT2D eigenvalue weighted by atomic mass is 10.1. The molecule has 0 spiro atoms. The Morgan fingerprint density at radius 2 is 2.15 bits per heavy atom. The first-order valence-electron chi connectivity index (χ1n) is 8.50. The van der Waals surface area contributed by atoms with Crippen molar-refractivity contribution in [1.29, 1.82) is 5.26 Å². The van der Waals surface area contributed by atoms with Gasteiger partial charge in [0.25, 0.3) is 0 Å². The van der Waals surface area contributed by atoms with Crippen LogP contribution in [0.25, 0.3) is 0 Å². The Labute approximate surface area is 153 Å². The number of rotatable bonds is 5. The minimum Gasteiger partial charge on any atom is -0.354 e. The predicted molar refractivity (Wildman–Crippen MR) is 100 cm³/mol. The SMILES string of the molecule is CN=C(NCc1cc(C#N)ccc1F)NC(C)Cc1c(C)nn(C)c1C. The zero-order valence-corrected chi connectivity index (χ0v) is 15.9. The van der Waals surface area contributed by atoms with Crippen LogP contribution in [0.15, 0.2) is 23.2 Å². The molecule has 0 saturated carbocycles. The van der Waals surface area contributed by atoms with E-state index in [1.165, 1.54) is 17.7 Å². The Balaban J connectivity index is 1.98. The molecule has 2 N–H and O–H groups in total. The van der Waals surface area contributed by atoms with Crippen molar-refractivity contribution in [3.05, 3.63) is 52.1 Å². The summed E-state index contributed by atoms with van der Waals surface area (Å²) in [5, 5.41) is 19.8. The molecule has 0 aliphatic heterocycles. The molecular formula is C19H25FN6. The Bertz CT molecular complexity index is 846. The summed E-state index contributed by atoms with van der Waals surface area (Å²) in [5.41, 5.74) is 4.25. The van der Waals surface area contributed by atoms with Crippen LogP contribution in [0.2, 0.25) is 0 Å². The van der Waals surface area contributed by atoms with Crippen molar-refractivity contribution in [1.82, 2.24) is 20.4 Å². The molecule has 0 aliphatic carbocycles. The second-order valence-corrected chi connectivity index (χ2v) is 6.37. The molecule has 0 fully saturated rings. The van der Waals surface area contributed by atoms with Gasteiger partial charge in [-0.05, 0) is 51.0 Å². The van der Waals surface area contributed by atoms with Gasteiger partial charge >= 0.3 is 0 Å². The molecule has 0 aliphatic rings. The van der Waals surface area contributed by atoms with Crippen LogP contribution < -0.4 is 10.6 Å². The summed E-state index contributed by atoms with van der Waals surface area (Å²) in [6.07, 6.45) is 0.810. The third-order valence-corrected chi connectivity index (χ3v) is 4.40. The zero-order chi connectivity index (χ0) is 19.3. The van der Waals surface area contributed by atoms with Crippen molar-refractivity contribution < 1.29 is 4.39 Å². The average Bonchev–Trinajstić information content (AvgIpc) is 2.85. The van der Waals surface area contributed by atoms with E-state index in [0.717, 1.165) is 17.8 Å². The second-order valence-electron chi connectivity index (χ2n) is 6.37. The van der Waals surface area contributed by atoms with Crippen molar-refractivity contribution in [3.8, 4) is 6.07 Å². The van der Waals surface area contributed by atoms with E-state index in [4.69, 9.17) is 5.26 Å². The van der Waals surface area contributed by atoms with Gasteiger partial charge in [-0.3, -0.25) is 9.67 Å². The minimum atomic E-state index is -0.346. The van der Waals surface area contributed by atoms with Crippen LogP contribution in [0.5, 0.6) is 0 Å². The zero-order valence-electron chi connectivity index (χ0n) is 15.9. The average molecular weight is 356 g/mol. The van der Waals surface area contributed by atoms with Crippen LogP contribution in [0.1, 0.15) is 35.0 Å². The Morgan fingerprint density at radius 3 is 2.73 bits per heavy atom. The molecule has 26 heavy (non-hydrogen) atoms. The van der Waals surface area contributed by atoms with Crippen LogP contribution in [0.3, 0.4) is 0 Å². The molecule has 0 saturated heterocycles. The molecule has 2 aromatic rings. The van der Waals surface area contributed by atoms with E-state index in [-0.39, 0.29) is 18.4 Å². The van der Waals surface area contributed by atoms with Gasteiger partial charge in [-0.25, -0.2) is 4.39 Å². The maximum absolute atomic E-state index is 13.9. The number of halogens is 1. The number of nitriles is 1. The topological polar surface area (TPSA) is 78.0 Å².